The third-order valence-electron chi connectivity index (χ3n) is 3.68. The molecule has 20 heavy (non-hydrogen) atoms. The molecule has 1 aromatic heterocycles. The van der Waals surface area contributed by atoms with Gasteiger partial charge in [0.15, 0.2) is 0 Å². The van der Waals surface area contributed by atoms with Crippen LogP contribution in [0.3, 0.4) is 0 Å². The zero-order valence-electron chi connectivity index (χ0n) is 11.0. The molecule has 2 heterocycles. The van der Waals surface area contributed by atoms with Gasteiger partial charge in [0.25, 0.3) is 6.43 Å². The first-order valence-corrected chi connectivity index (χ1v) is 7.67. The number of halogens is 3. The number of alkyl halides is 2. The molecule has 0 spiro atoms. The number of thiophene rings is 1. The van der Waals surface area contributed by atoms with Gasteiger partial charge in [0, 0.05) is 35.3 Å². The fraction of sp³-hybridized carbons (Fsp3) is 0.333. The molecule has 1 aromatic carbocycles. The van der Waals surface area contributed by atoms with Crippen LogP contribution >= 0.6 is 22.9 Å². The van der Waals surface area contributed by atoms with Gasteiger partial charge in [-0.15, -0.1) is 11.3 Å². The molecule has 0 atom stereocenters. The minimum atomic E-state index is -2.48. The van der Waals surface area contributed by atoms with Gasteiger partial charge in [-0.1, -0.05) is 11.6 Å². The fourth-order valence-electron chi connectivity index (χ4n) is 2.68. The number of anilines is 1. The lowest BCUT2D eigenvalue weighted by Gasteiger charge is -2.29. The SMILES string of the molecule is CN1CCCc2cc(-c3ccc(Cl)s3)c(C(F)F)cc21. The minimum absolute atomic E-state index is 0.0935. The Hall–Kier alpha value is -1.13. The van der Waals surface area contributed by atoms with Crippen LogP contribution in [0.25, 0.3) is 10.4 Å². The van der Waals surface area contributed by atoms with Gasteiger partial charge in [0.2, 0.25) is 0 Å². The maximum atomic E-state index is 13.4. The Morgan fingerprint density at radius 2 is 2.10 bits per heavy atom. The van der Waals surface area contributed by atoms with E-state index in [1.165, 1.54) is 11.3 Å². The van der Waals surface area contributed by atoms with E-state index >= 15 is 0 Å². The summed E-state index contributed by atoms with van der Waals surface area (Å²) < 4.78 is 27.4. The minimum Gasteiger partial charge on any atom is -0.374 e. The number of nitrogens with zero attached hydrogens (tertiary/aromatic N) is 1. The monoisotopic (exact) mass is 313 g/mol. The second-order valence-electron chi connectivity index (χ2n) is 5.00. The fourth-order valence-corrected chi connectivity index (χ4v) is 3.77. The van der Waals surface area contributed by atoms with Gasteiger partial charge in [-0.25, -0.2) is 8.78 Å². The van der Waals surface area contributed by atoms with Gasteiger partial charge in [-0.05, 0) is 42.7 Å². The quantitative estimate of drug-likeness (QED) is 0.718. The lowest BCUT2D eigenvalue weighted by Crippen LogP contribution is -2.24. The number of rotatable bonds is 2. The highest BCUT2D eigenvalue weighted by Crippen LogP contribution is 2.41. The summed E-state index contributed by atoms with van der Waals surface area (Å²) >= 11 is 7.27. The summed E-state index contributed by atoms with van der Waals surface area (Å²) in [5, 5.41) is 0. The molecule has 1 aliphatic heterocycles. The van der Waals surface area contributed by atoms with Crippen LogP contribution in [0.1, 0.15) is 24.0 Å². The molecule has 2 aromatic rings. The van der Waals surface area contributed by atoms with E-state index in [4.69, 9.17) is 11.6 Å². The van der Waals surface area contributed by atoms with Crippen LogP contribution in [0.5, 0.6) is 0 Å². The van der Waals surface area contributed by atoms with Crippen LogP contribution < -0.4 is 4.90 Å². The topological polar surface area (TPSA) is 3.24 Å². The van der Waals surface area contributed by atoms with Crippen molar-refractivity contribution in [2.45, 2.75) is 19.3 Å². The molecule has 0 saturated carbocycles. The molecule has 0 N–H and O–H groups in total. The maximum Gasteiger partial charge on any atom is 0.264 e. The van der Waals surface area contributed by atoms with Crippen molar-refractivity contribution >= 4 is 28.6 Å². The molecule has 3 rings (SSSR count). The lowest BCUT2D eigenvalue weighted by atomic mass is 9.95. The van der Waals surface area contributed by atoms with Crippen molar-refractivity contribution in [2.75, 3.05) is 18.5 Å². The second kappa shape index (κ2) is 5.34. The van der Waals surface area contributed by atoms with Crippen LogP contribution in [0.2, 0.25) is 4.34 Å². The number of hydrogen-bond donors (Lipinski definition) is 0. The Labute approximate surface area is 125 Å². The molecule has 1 aliphatic rings. The van der Waals surface area contributed by atoms with Crippen molar-refractivity contribution in [1.82, 2.24) is 0 Å². The van der Waals surface area contributed by atoms with Gasteiger partial charge >= 0.3 is 0 Å². The summed E-state index contributed by atoms with van der Waals surface area (Å²) in [6, 6.07) is 7.12. The zero-order valence-corrected chi connectivity index (χ0v) is 12.6. The lowest BCUT2D eigenvalue weighted by molar-refractivity contribution is 0.152. The molecule has 0 aliphatic carbocycles. The molecule has 0 bridgehead atoms. The van der Waals surface area contributed by atoms with Crippen LogP contribution in [0, 0.1) is 0 Å². The standard InChI is InChI=1S/C15H14ClF2NS/c1-19-6-2-3-9-7-10(13-4-5-14(16)20-13)11(15(17)18)8-12(9)19/h4-5,7-8,15H,2-3,6H2,1H3. The van der Waals surface area contributed by atoms with Crippen molar-refractivity contribution in [3.8, 4) is 10.4 Å². The molecule has 0 unspecified atom stereocenters. The molecule has 5 heteroatoms. The average Bonchev–Trinajstić information content (AvgIpc) is 2.84. The Morgan fingerprint density at radius 1 is 1.30 bits per heavy atom. The number of hydrogen-bond acceptors (Lipinski definition) is 2. The van der Waals surface area contributed by atoms with Gasteiger partial charge in [0.05, 0.1) is 4.34 Å². The van der Waals surface area contributed by atoms with Crippen molar-refractivity contribution < 1.29 is 8.78 Å². The summed E-state index contributed by atoms with van der Waals surface area (Å²) in [5.74, 6) is 0. The van der Waals surface area contributed by atoms with Crippen molar-refractivity contribution in [3.63, 3.8) is 0 Å². The van der Waals surface area contributed by atoms with E-state index in [2.05, 4.69) is 4.90 Å². The zero-order chi connectivity index (χ0) is 14.3. The maximum absolute atomic E-state index is 13.4. The third kappa shape index (κ3) is 2.42. The smallest absolute Gasteiger partial charge is 0.264 e. The predicted octanol–water partition coefficient (Wildman–Crippen LogP) is 5.39. The van der Waals surface area contributed by atoms with Crippen molar-refractivity contribution in [3.05, 3.63) is 39.7 Å². The largest absolute Gasteiger partial charge is 0.374 e. The normalized spacial score (nSPS) is 14.8. The predicted molar refractivity (Wildman–Crippen MR) is 81.3 cm³/mol. The summed E-state index contributed by atoms with van der Waals surface area (Å²) in [6.07, 6.45) is -0.483. The summed E-state index contributed by atoms with van der Waals surface area (Å²) in [6.45, 7) is 0.917. The first-order valence-electron chi connectivity index (χ1n) is 6.48. The highest BCUT2D eigenvalue weighted by Gasteiger charge is 2.22. The van der Waals surface area contributed by atoms with E-state index in [0.29, 0.717) is 9.90 Å². The highest BCUT2D eigenvalue weighted by atomic mass is 35.5. The molecule has 0 radical (unpaired) electrons. The van der Waals surface area contributed by atoms with Gasteiger partial charge in [-0.3, -0.25) is 0 Å². The number of benzene rings is 1. The Bertz CT molecular complexity index is 639. The Kier molecular flexibility index (Phi) is 3.69. The molecular formula is C15H14ClF2NS. The van der Waals surface area contributed by atoms with E-state index in [-0.39, 0.29) is 5.56 Å². The number of aryl methyl sites for hydroxylation is 1. The van der Waals surface area contributed by atoms with E-state index in [0.717, 1.165) is 35.5 Å². The van der Waals surface area contributed by atoms with Crippen LogP contribution in [0.15, 0.2) is 24.3 Å². The Balaban J connectivity index is 2.18. The summed E-state index contributed by atoms with van der Waals surface area (Å²) in [5.41, 5.74) is 2.78. The molecular weight excluding hydrogens is 300 g/mol. The van der Waals surface area contributed by atoms with Crippen molar-refractivity contribution in [1.29, 1.82) is 0 Å². The van der Waals surface area contributed by atoms with Gasteiger partial charge < -0.3 is 4.90 Å². The molecule has 0 fully saturated rings. The van der Waals surface area contributed by atoms with Gasteiger partial charge in [-0.2, -0.15) is 0 Å². The van der Waals surface area contributed by atoms with E-state index in [9.17, 15) is 8.78 Å². The highest BCUT2D eigenvalue weighted by molar-refractivity contribution is 7.19. The average molecular weight is 314 g/mol. The molecule has 1 nitrogen and oxygen atoms in total. The number of fused-ring (bicyclic) bond motifs is 1. The van der Waals surface area contributed by atoms with Gasteiger partial charge in [0.1, 0.15) is 0 Å². The summed E-state index contributed by atoms with van der Waals surface area (Å²) in [7, 11) is 1.95. The van der Waals surface area contributed by atoms with Crippen molar-refractivity contribution in [2.24, 2.45) is 0 Å². The van der Waals surface area contributed by atoms with E-state index in [1.807, 2.05) is 19.2 Å². The third-order valence-corrected chi connectivity index (χ3v) is 4.94. The first-order chi connectivity index (χ1) is 9.56. The molecule has 0 saturated heterocycles. The van der Waals surface area contributed by atoms with Crippen LogP contribution in [-0.2, 0) is 6.42 Å². The van der Waals surface area contributed by atoms with Crippen LogP contribution in [-0.4, -0.2) is 13.6 Å². The van der Waals surface area contributed by atoms with Crippen LogP contribution in [0.4, 0.5) is 14.5 Å². The second-order valence-corrected chi connectivity index (χ2v) is 6.71. The summed E-state index contributed by atoms with van der Waals surface area (Å²) in [4.78, 5) is 2.86. The Morgan fingerprint density at radius 3 is 2.75 bits per heavy atom. The van der Waals surface area contributed by atoms with E-state index < -0.39 is 6.43 Å². The first kappa shape index (κ1) is 13.8. The molecule has 106 valence electrons. The molecule has 0 amide bonds. The van der Waals surface area contributed by atoms with E-state index in [1.54, 1.807) is 12.1 Å².